The molecule has 0 aliphatic carbocycles. The number of rotatable bonds is 2. The molecule has 0 aliphatic rings. The lowest BCUT2D eigenvalue weighted by atomic mass is 10.1. The normalized spacial score (nSPS) is 9.94. The van der Waals surface area contributed by atoms with Crippen molar-refractivity contribution in [3.05, 3.63) is 53.3 Å². The molecule has 0 radical (unpaired) electrons. The van der Waals surface area contributed by atoms with Crippen LogP contribution < -0.4 is 0 Å². The molecule has 2 nitrogen and oxygen atoms in total. The quantitative estimate of drug-likeness (QED) is 0.802. The maximum Gasteiger partial charge on any atom is 0.100 e. The molecule has 2 rings (SSSR count). The van der Waals surface area contributed by atoms with Crippen molar-refractivity contribution in [2.75, 3.05) is 0 Å². The van der Waals surface area contributed by atoms with Crippen molar-refractivity contribution in [3.8, 4) is 6.07 Å². The lowest BCUT2D eigenvalue weighted by Gasteiger charge is -2.05. The van der Waals surface area contributed by atoms with Gasteiger partial charge in [-0.2, -0.15) is 5.26 Å². The molecule has 0 N–H and O–H groups in total. The van der Waals surface area contributed by atoms with Gasteiger partial charge in [0.15, 0.2) is 0 Å². The van der Waals surface area contributed by atoms with E-state index in [-0.39, 0.29) is 0 Å². The Kier molecular flexibility index (Phi) is 3.46. The highest BCUT2D eigenvalue weighted by Crippen LogP contribution is 2.30. The van der Waals surface area contributed by atoms with E-state index in [1.807, 2.05) is 0 Å². The Labute approximate surface area is 105 Å². The van der Waals surface area contributed by atoms with Gasteiger partial charge in [0.25, 0.3) is 0 Å². The molecule has 1 heterocycles. The summed E-state index contributed by atoms with van der Waals surface area (Å²) in [4.78, 5) is 6.10. The second kappa shape index (κ2) is 5.03. The Morgan fingerprint density at radius 1 is 1.18 bits per heavy atom. The molecule has 0 bridgehead atoms. The van der Waals surface area contributed by atoms with E-state index in [0.29, 0.717) is 5.56 Å². The van der Waals surface area contributed by atoms with Crippen molar-refractivity contribution >= 4 is 11.8 Å². The van der Waals surface area contributed by atoms with Gasteiger partial charge in [0.05, 0.1) is 5.56 Å². The van der Waals surface area contributed by atoms with Crippen molar-refractivity contribution in [2.45, 2.75) is 23.6 Å². The maximum absolute atomic E-state index is 9.00. The summed E-state index contributed by atoms with van der Waals surface area (Å²) in [7, 11) is 0. The summed E-state index contributed by atoms with van der Waals surface area (Å²) < 4.78 is 0. The van der Waals surface area contributed by atoms with Gasteiger partial charge in [0.2, 0.25) is 0 Å². The fraction of sp³-hybridized carbons (Fsp3) is 0.143. The highest BCUT2D eigenvalue weighted by molar-refractivity contribution is 7.99. The zero-order valence-corrected chi connectivity index (χ0v) is 10.6. The number of pyridine rings is 1. The van der Waals surface area contributed by atoms with Gasteiger partial charge in [-0.1, -0.05) is 17.8 Å². The van der Waals surface area contributed by atoms with E-state index in [0.717, 1.165) is 9.79 Å². The molecule has 0 atom stereocenters. The van der Waals surface area contributed by atoms with E-state index in [4.69, 9.17) is 5.26 Å². The number of nitrogens with zero attached hydrogens (tertiary/aromatic N) is 2. The van der Waals surface area contributed by atoms with E-state index >= 15 is 0 Å². The Hall–Kier alpha value is -1.79. The lowest BCUT2D eigenvalue weighted by Crippen LogP contribution is -1.85. The number of aryl methyl sites for hydroxylation is 2. The monoisotopic (exact) mass is 240 g/mol. The molecule has 84 valence electrons. The molecular formula is C14H12N2S. The second-order valence-corrected chi connectivity index (χ2v) is 4.95. The average molecular weight is 240 g/mol. The van der Waals surface area contributed by atoms with Crippen molar-refractivity contribution in [1.29, 1.82) is 5.26 Å². The highest BCUT2D eigenvalue weighted by atomic mass is 32.2. The minimum Gasteiger partial charge on any atom is -0.263 e. The SMILES string of the molecule is Cc1ccc(Sc2cnccc2C#N)cc1C. The summed E-state index contributed by atoms with van der Waals surface area (Å²) in [6.45, 7) is 4.18. The fourth-order valence-electron chi connectivity index (χ4n) is 1.46. The third kappa shape index (κ3) is 2.66. The number of aromatic nitrogens is 1. The van der Waals surface area contributed by atoms with Crippen molar-refractivity contribution in [2.24, 2.45) is 0 Å². The van der Waals surface area contributed by atoms with Crippen molar-refractivity contribution in [3.63, 3.8) is 0 Å². The Bertz CT molecular complexity index is 585. The minimum absolute atomic E-state index is 0.670. The highest BCUT2D eigenvalue weighted by Gasteiger charge is 2.04. The first-order valence-corrected chi connectivity index (χ1v) is 6.11. The van der Waals surface area contributed by atoms with Crippen LogP contribution in [0.1, 0.15) is 16.7 Å². The third-order valence-corrected chi connectivity index (χ3v) is 3.65. The predicted molar refractivity (Wildman–Crippen MR) is 69.0 cm³/mol. The van der Waals surface area contributed by atoms with Gasteiger partial charge in [-0.3, -0.25) is 4.98 Å². The van der Waals surface area contributed by atoms with E-state index in [2.05, 4.69) is 43.1 Å². The van der Waals surface area contributed by atoms with Crippen LogP contribution in [0.3, 0.4) is 0 Å². The predicted octanol–water partition coefficient (Wildman–Crippen LogP) is 3.72. The fourth-order valence-corrected chi connectivity index (χ4v) is 2.42. The Morgan fingerprint density at radius 2 is 2.00 bits per heavy atom. The summed E-state index contributed by atoms with van der Waals surface area (Å²) in [5, 5.41) is 9.00. The molecular weight excluding hydrogens is 228 g/mol. The zero-order valence-electron chi connectivity index (χ0n) is 9.77. The summed E-state index contributed by atoms with van der Waals surface area (Å²) in [6, 6.07) is 10.2. The molecule has 0 fully saturated rings. The van der Waals surface area contributed by atoms with Gasteiger partial charge in [0, 0.05) is 22.2 Å². The lowest BCUT2D eigenvalue weighted by molar-refractivity contribution is 1.20. The Morgan fingerprint density at radius 3 is 2.71 bits per heavy atom. The van der Waals surface area contributed by atoms with Gasteiger partial charge in [-0.05, 0) is 43.2 Å². The van der Waals surface area contributed by atoms with E-state index in [1.54, 1.807) is 30.2 Å². The topological polar surface area (TPSA) is 36.7 Å². The van der Waals surface area contributed by atoms with Crippen molar-refractivity contribution in [1.82, 2.24) is 4.98 Å². The van der Waals surface area contributed by atoms with Crippen LogP contribution in [0.2, 0.25) is 0 Å². The van der Waals surface area contributed by atoms with E-state index in [1.165, 1.54) is 11.1 Å². The van der Waals surface area contributed by atoms with Crippen LogP contribution >= 0.6 is 11.8 Å². The first-order valence-electron chi connectivity index (χ1n) is 5.30. The second-order valence-electron chi connectivity index (χ2n) is 3.83. The van der Waals surface area contributed by atoms with Crippen molar-refractivity contribution < 1.29 is 0 Å². The average Bonchev–Trinajstić information content (AvgIpc) is 2.34. The molecule has 0 spiro atoms. The first kappa shape index (κ1) is 11.7. The van der Waals surface area contributed by atoms with Crippen LogP contribution in [0, 0.1) is 25.2 Å². The van der Waals surface area contributed by atoms with Crippen LogP contribution in [-0.2, 0) is 0 Å². The molecule has 0 aliphatic heterocycles. The van der Waals surface area contributed by atoms with Crippen LogP contribution in [0.5, 0.6) is 0 Å². The molecule has 17 heavy (non-hydrogen) atoms. The van der Waals surface area contributed by atoms with Crippen LogP contribution in [-0.4, -0.2) is 4.98 Å². The number of hydrogen-bond acceptors (Lipinski definition) is 3. The van der Waals surface area contributed by atoms with Gasteiger partial charge in [-0.25, -0.2) is 0 Å². The molecule has 1 aromatic carbocycles. The number of benzene rings is 1. The summed E-state index contributed by atoms with van der Waals surface area (Å²) in [5.74, 6) is 0. The van der Waals surface area contributed by atoms with Gasteiger partial charge in [0.1, 0.15) is 6.07 Å². The molecule has 0 saturated heterocycles. The number of nitriles is 1. The number of hydrogen-bond donors (Lipinski definition) is 0. The maximum atomic E-state index is 9.00. The molecule has 0 unspecified atom stereocenters. The van der Waals surface area contributed by atoms with E-state index in [9.17, 15) is 0 Å². The van der Waals surface area contributed by atoms with Gasteiger partial charge < -0.3 is 0 Å². The third-order valence-electron chi connectivity index (χ3n) is 2.61. The first-order chi connectivity index (χ1) is 8.20. The van der Waals surface area contributed by atoms with E-state index < -0.39 is 0 Å². The molecule has 1 aromatic heterocycles. The largest absolute Gasteiger partial charge is 0.263 e. The van der Waals surface area contributed by atoms with Crippen LogP contribution in [0.15, 0.2) is 46.5 Å². The zero-order chi connectivity index (χ0) is 12.3. The summed E-state index contributed by atoms with van der Waals surface area (Å²) >= 11 is 1.58. The smallest absolute Gasteiger partial charge is 0.100 e. The summed E-state index contributed by atoms with van der Waals surface area (Å²) in [5.41, 5.74) is 3.21. The minimum atomic E-state index is 0.670. The standard InChI is InChI=1S/C14H12N2S/c1-10-3-4-13(7-11(10)2)17-14-9-16-6-5-12(14)8-15/h3-7,9H,1-2H3. The Balaban J connectivity index is 2.32. The van der Waals surface area contributed by atoms with Crippen LogP contribution in [0.4, 0.5) is 0 Å². The molecule has 0 amide bonds. The van der Waals surface area contributed by atoms with Crippen LogP contribution in [0.25, 0.3) is 0 Å². The summed E-state index contributed by atoms with van der Waals surface area (Å²) in [6.07, 6.45) is 3.38. The van der Waals surface area contributed by atoms with Gasteiger partial charge in [-0.15, -0.1) is 0 Å². The molecule has 3 heteroatoms. The molecule has 2 aromatic rings. The molecule has 0 saturated carbocycles. The van der Waals surface area contributed by atoms with Gasteiger partial charge >= 0.3 is 0 Å².